The molecule has 0 amide bonds. The number of piperidine rings is 1. The standard InChI is InChI=1S/C17H27N5O3S/c1-25-10-13-3-7-21(8-4-13)17-19-5-2-16(20-17)22-9-6-18-14-11-26(23,24)12-15(14)22/h2,5,13-15,18H,3-4,6-12H2,1H3/t14-,15+/m1/s1. The molecule has 3 saturated heterocycles. The molecule has 2 atom stereocenters. The van der Waals surface area contributed by atoms with Crippen molar-refractivity contribution in [2.24, 2.45) is 5.92 Å². The van der Waals surface area contributed by atoms with Gasteiger partial charge in [-0.25, -0.2) is 13.4 Å². The fraction of sp³-hybridized carbons (Fsp3) is 0.765. The molecule has 1 aromatic rings. The molecular weight excluding hydrogens is 354 g/mol. The summed E-state index contributed by atoms with van der Waals surface area (Å²) in [7, 11) is -1.23. The van der Waals surface area contributed by atoms with Gasteiger partial charge in [-0.05, 0) is 24.8 Å². The summed E-state index contributed by atoms with van der Waals surface area (Å²) in [6.07, 6.45) is 3.95. The molecule has 0 aromatic carbocycles. The van der Waals surface area contributed by atoms with Crippen molar-refractivity contribution in [1.82, 2.24) is 15.3 Å². The average Bonchev–Trinajstić information content (AvgIpc) is 2.96. The van der Waals surface area contributed by atoms with Crippen LogP contribution in [0.15, 0.2) is 12.3 Å². The van der Waals surface area contributed by atoms with E-state index in [1.807, 2.05) is 6.07 Å². The van der Waals surface area contributed by atoms with Gasteiger partial charge in [0.2, 0.25) is 5.95 Å². The predicted molar refractivity (Wildman–Crippen MR) is 100 cm³/mol. The summed E-state index contributed by atoms with van der Waals surface area (Å²) in [5, 5.41) is 3.34. The molecule has 144 valence electrons. The Morgan fingerprint density at radius 3 is 2.85 bits per heavy atom. The van der Waals surface area contributed by atoms with Crippen molar-refractivity contribution in [3.63, 3.8) is 0 Å². The highest BCUT2D eigenvalue weighted by Crippen LogP contribution is 2.27. The number of piperazine rings is 1. The fourth-order valence-electron chi connectivity index (χ4n) is 4.34. The van der Waals surface area contributed by atoms with E-state index in [2.05, 4.69) is 20.1 Å². The third-order valence-electron chi connectivity index (χ3n) is 5.70. The number of rotatable bonds is 4. The number of hydrogen-bond acceptors (Lipinski definition) is 8. The van der Waals surface area contributed by atoms with Crippen LogP contribution in [0.1, 0.15) is 12.8 Å². The molecule has 0 radical (unpaired) electrons. The van der Waals surface area contributed by atoms with Crippen molar-refractivity contribution in [3.05, 3.63) is 12.3 Å². The van der Waals surface area contributed by atoms with Crippen molar-refractivity contribution >= 4 is 21.6 Å². The highest BCUT2D eigenvalue weighted by atomic mass is 32.2. The van der Waals surface area contributed by atoms with Crippen LogP contribution in [0.5, 0.6) is 0 Å². The third-order valence-corrected chi connectivity index (χ3v) is 7.42. The van der Waals surface area contributed by atoms with Crippen molar-refractivity contribution in [2.75, 3.05) is 61.2 Å². The van der Waals surface area contributed by atoms with Crippen molar-refractivity contribution < 1.29 is 13.2 Å². The summed E-state index contributed by atoms with van der Waals surface area (Å²) in [5.74, 6) is 2.61. The second-order valence-electron chi connectivity index (χ2n) is 7.50. The van der Waals surface area contributed by atoms with Crippen LogP contribution in [-0.2, 0) is 14.6 Å². The zero-order chi connectivity index (χ0) is 18.1. The lowest BCUT2D eigenvalue weighted by molar-refractivity contribution is 0.139. The third kappa shape index (κ3) is 3.65. The molecule has 8 nitrogen and oxygen atoms in total. The lowest BCUT2D eigenvalue weighted by Crippen LogP contribution is -2.57. The molecule has 9 heteroatoms. The molecular formula is C17H27N5O3S. The van der Waals surface area contributed by atoms with Crippen LogP contribution >= 0.6 is 0 Å². The maximum atomic E-state index is 12.1. The summed E-state index contributed by atoms with van der Waals surface area (Å²) in [5.41, 5.74) is 0. The molecule has 1 N–H and O–H groups in total. The maximum Gasteiger partial charge on any atom is 0.227 e. The topological polar surface area (TPSA) is 87.7 Å². The summed E-state index contributed by atoms with van der Waals surface area (Å²) in [4.78, 5) is 13.6. The first-order valence-corrected chi connectivity index (χ1v) is 11.2. The van der Waals surface area contributed by atoms with Crippen LogP contribution in [-0.4, -0.2) is 81.9 Å². The minimum Gasteiger partial charge on any atom is -0.384 e. The Hall–Kier alpha value is -1.45. The number of nitrogens with zero attached hydrogens (tertiary/aromatic N) is 4. The van der Waals surface area contributed by atoms with Crippen LogP contribution in [0.25, 0.3) is 0 Å². The van der Waals surface area contributed by atoms with Gasteiger partial charge >= 0.3 is 0 Å². The Bertz CT molecular complexity index is 736. The first kappa shape index (κ1) is 17.9. The van der Waals surface area contributed by atoms with E-state index in [1.54, 1.807) is 13.3 Å². The Morgan fingerprint density at radius 1 is 1.27 bits per heavy atom. The Balaban J connectivity index is 1.49. The van der Waals surface area contributed by atoms with Gasteiger partial charge in [0.05, 0.1) is 17.5 Å². The Morgan fingerprint density at radius 2 is 2.08 bits per heavy atom. The van der Waals surface area contributed by atoms with E-state index < -0.39 is 9.84 Å². The SMILES string of the molecule is COCC1CCN(c2nccc(N3CCN[C@@H]4CS(=O)(=O)C[C@@H]43)n2)CC1. The molecule has 0 unspecified atom stereocenters. The van der Waals surface area contributed by atoms with E-state index in [4.69, 9.17) is 9.72 Å². The number of fused-ring (bicyclic) bond motifs is 1. The molecule has 3 aliphatic heterocycles. The van der Waals surface area contributed by atoms with Crippen LogP contribution in [0.3, 0.4) is 0 Å². The minimum absolute atomic E-state index is 0.00282. The maximum absolute atomic E-state index is 12.1. The first-order valence-electron chi connectivity index (χ1n) is 9.33. The molecule has 1 aromatic heterocycles. The normalized spacial score (nSPS) is 29.0. The van der Waals surface area contributed by atoms with Gasteiger partial charge in [-0.3, -0.25) is 0 Å². The van der Waals surface area contributed by atoms with E-state index in [0.29, 0.717) is 5.92 Å². The lowest BCUT2D eigenvalue weighted by atomic mass is 9.98. The highest BCUT2D eigenvalue weighted by molar-refractivity contribution is 7.91. The summed E-state index contributed by atoms with van der Waals surface area (Å²) < 4.78 is 29.4. The van der Waals surface area contributed by atoms with Gasteiger partial charge in [0.1, 0.15) is 5.82 Å². The largest absolute Gasteiger partial charge is 0.384 e. The van der Waals surface area contributed by atoms with Crippen LogP contribution in [0.2, 0.25) is 0 Å². The van der Waals surface area contributed by atoms with Gasteiger partial charge < -0.3 is 19.9 Å². The Labute approximate surface area is 154 Å². The fourth-order valence-corrected chi connectivity index (χ4v) is 6.29. The lowest BCUT2D eigenvalue weighted by Gasteiger charge is -2.38. The molecule has 4 rings (SSSR count). The smallest absolute Gasteiger partial charge is 0.227 e. The van der Waals surface area contributed by atoms with Crippen LogP contribution in [0, 0.1) is 5.92 Å². The quantitative estimate of drug-likeness (QED) is 0.775. The van der Waals surface area contributed by atoms with Gasteiger partial charge in [0.15, 0.2) is 9.84 Å². The Kier molecular flexibility index (Phi) is 5.02. The number of methoxy groups -OCH3 is 1. The van der Waals surface area contributed by atoms with Gasteiger partial charge in [-0.2, -0.15) is 4.98 Å². The van der Waals surface area contributed by atoms with E-state index >= 15 is 0 Å². The van der Waals surface area contributed by atoms with E-state index in [9.17, 15) is 8.42 Å². The van der Waals surface area contributed by atoms with E-state index in [1.165, 1.54) is 0 Å². The van der Waals surface area contributed by atoms with Crippen LogP contribution in [0.4, 0.5) is 11.8 Å². The second-order valence-corrected chi connectivity index (χ2v) is 9.65. The number of aromatic nitrogens is 2. The molecule has 0 aliphatic carbocycles. The average molecular weight is 382 g/mol. The number of ether oxygens (including phenoxy) is 1. The summed E-state index contributed by atoms with van der Waals surface area (Å²) in [6, 6.07) is 1.86. The van der Waals surface area contributed by atoms with Gasteiger partial charge in [-0.1, -0.05) is 0 Å². The van der Waals surface area contributed by atoms with E-state index in [-0.39, 0.29) is 23.6 Å². The zero-order valence-corrected chi connectivity index (χ0v) is 16.0. The highest BCUT2D eigenvalue weighted by Gasteiger charge is 2.43. The van der Waals surface area contributed by atoms with Crippen molar-refractivity contribution in [1.29, 1.82) is 0 Å². The molecule has 3 aliphatic rings. The molecule has 0 saturated carbocycles. The van der Waals surface area contributed by atoms with Gasteiger partial charge in [0.25, 0.3) is 0 Å². The van der Waals surface area contributed by atoms with Gasteiger partial charge in [-0.15, -0.1) is 0 Å². The van der Waals surface area contributed by atoms with Crippen molar-refractivity contribution in [2.45, 2.75) is 24.9 Å². The number of hydrogen-bond donors (Lipinski definition) is 1. The number of anilines is 2. The zero-order valence-electron chi connectivity index (χ0n) is 15.2. The summed E-state index contributed by atoms with van der Waals surface area (Å²) in [6.45, 7) is 4.22. The molecule has 0 bridgehead atoms. The summed E-state index contributed by atoms with van der Waals surface area (Å²) >= 11 is 0. The van der Waals surface area contributed by atoms with Crippen LogP contribution < -0.4 is 15.1 Å². The predicted octanol–water partition coefficient (Wildman–Crippen LogP) is -0.0854. The number of sulfone groups is 1. The van der Waals surface area contributed by atoms with Crippen molar-refractivity contribution in [3.8, 4) is 0 Å². The molecule has 26 heavy (non-hydrogen) atoms. The molecule has 0 spiro atoms. The minimum atomic E-state index is -2.98. The first-order chi connectivity index (χ1) is 12.6. The second kappa shape index (κ2) is 7.28. The number of nitrogens with one attached hydrogen (secondary N) is 1. The van der Waals surface area contributed by atoms with Gasteiger partial charge in [0, 0.05) is 52.1 Å². The van der Waals surface area contributed by atoms with E-state index in [0.717, 1.165) is 57.4 Å². The monoisotopic (exact) mass is 381 g/mol. The molecule has 3 fully saturated rings. The molecule has 4 heterocycles.